The Bertz CT molecular complexity index is 659. The van der Waals surface area contributed by atoms with Crippen molar-refractivity contribution in [3.63, 3.8) is 0 Å². The summed E-state index contributed by atoms with van der Waals surface area (Å²) in [4.78, 5) is 4.19. The fraction of sp³-hybridized carbons (Fsp3) is 0.450. The van der Waals surface area contributed by atoms with Gasteiger partial charge in [0.25, 0.3) is 0 Å². The van der Waals surface area contributed by atoms with Crippen LogP contribution in [-0.2, 0) is 22.7 Å². The van der Waals surface area contributed by atoms with E-state index in [0.29, 0.717) is 33.0 Å². The second-order valence-corrected chi connectivity index (χ2v) is 5.78. The van der Waals surface area contributed by atoms with E-state index in [1.807, 2.05) is 36.4 Å². The molecule has 0 aliphatic rings. The number of methoxy groups -OCH3 is 1. The highest BCUT2D eigenvalue weighted by Gasteiger charge is 2.02. The van der Waals surface area contributed by atoms with E-state index in [1.54, 1.807) is 20.4 Å². The van der Waals surface area contributed by atoms with Gasteiger partial charge >= 0.3 is 0 Å². The number of guanidine groups is 1. The lowest BCUT2D eigenvalue weighted by Crippen LogP contribution is -2.39. The maximum absolute atomic E-state index is 5.70. The molecule has 0 saturated carbocycles. The molecular formula is C20H29N3O4. The lowest BCUT2D eigenvalue weighted by molar-refractivity contribution is 0.105. The zero-order valence-electron chi connectivity index (χ0n) is 16.1. The molecule has 0 bridgehead atoms. The number of nitrogens with one attached hydrogen (secondary N) is 2. The number of nitrogens with zero attached hydrogens (tertiary/aromatic N) is 1. The van der Waals surface area contributed by atoms with Gasteiger partial charge in [-0.25, -0.2) is 0 Å². The molecule has 1 heterocycles. The van der Waals surface area contributed by atoms with E-state index >= 15 is 0 Å². The summed E-state index contributed by atoms with van der Waals surface area (Å²) >= 11 is 0. The summed E-state index contributed by atoms with van der Waals surface area (Å²) in [7, 11) is 3.41. The van der Waals surface area contributed by atoms with Crippen molar-refractivity contribution >= 4 is 5.96 Å². The van der Waals surface area contributed by atoms with Crippen molar-refractivity contribution in [2.24, 2.45) is 4.99 Å². The van der Waals surface area contributed by atoms with Crippen LogP contribution in [0.4, 0.5) is 0 Å². The maximum atomic E-state index is 5.70. The third-order valence-electron chi connectivity index (χ3n) is 3.79. The Labute approximate surface area is 160 Å². The molecule has 0 unspecified atom stereocenters. The average molecular weight is 375 g/mol. The van der Waals surface area contributed by atoms with Crippen LogP contribution in [0.15, 0.2) is 52.1 Å². The monoisotopic (exact) mass is 375 g/mol. The van der Waals surface area contributed by atoms with Crippen LogP contribution < -0.4 is 15.4 Å². The molecule has 148 valence electrons. The van der Waals surface area contributed by atoms with Crippen LogP contribution in [0.1, 0.15) is 17.7 Å². The molecule has 0 amide bonds. The lowest BCUT2D eigenvalue weighted by atomic mass is 10.2. The molecular weight excluding hydrogens is 346 g/mol. The van der Waals surface area contributed by atoms with Crippen LogP contribution in [0.2, 0.25) is 0 Å². The molecule has 0 aliphatic carbocycles. The molecule has 1 aromatic heterocycles. The standard InChI is InChI=1S/C20H29N3O4/c1-21-20(22-10-6-12-25-16-18-8-5-13-27-18)23-11-14-26-15-17-7-3-4-9-19(17)24-2/h3-5,7-9,13H,6,10-12,14-16H2,1-2H3,(H2,21,22,23). The van der Waals surface area contributed by atoms with Crippen molar-refractivity contribution in [2.75, 3.05) is 40.5 Å². The molecule has 2 rings (SSSR count). The highest BCUT2D eigenvalue weighted by atomic mass is 16.5. The molecule has 1 aromatic carbocycles. The van der Waals surface area contributed by atoms with Gasteiger partial charge in [0.05, 0.1) is 26.6 Å². The topological polar surface area (TPSA) is 77.3 Å². The third-order valence-corrected chi connectivity index (χ3v) is 3.79. The quantitative estimate of drug-likeness (QED) is 0.337. The Kier molecular flexibility index (Phi) is 9.84. The Hall–Kier alpha value is -2.51. The number of benzene rings is 1. The Morgan fingerprint density at radius 1 is 1.00 bits per heavy atom. The summed E-state index contributed by atoms with van der Waals surface area (Å²) in [5.74, 6) is 2.44. The first kappa shape index (κ1) is 20.8. The van der Waals surface area contributed by atoms with Gasteiger partial charge in [-0.2, -0.15) is 0 Å². The predicted octanol–water partition coefficient (Wildman–Crippen LogP) is 2.58. The fourth-order valence-electron chi connectivity index (χ4n) is 2.42. The molecule has 2 aromatic rings. The molecule has 0 spiro atoms. The number of rotatable bonds is 12. The van der Waals surface area contributed by atoms with E-state index in [9.17, 15) is 0 Å². The van der Waals surface area contributed by atoms with Crippen molar-refractivity contribution in [3.05, 3.63) is 54.0 Å². The van der Waals surface area contributed by atoms with Crippen LogP contribution >= 0.6 is 0 Å². The van der Waals surface area contributed by atoms with Gasteiger partial charge in [0.1, 0.15) is 18.1 Å². The van der Waals surface area contributed by atoms with E-state index < -0.39 is 0 Å². The molecule has 0 saturated heterocycles. The summed E-state index contributed by atoms with van der Waals surface area (Å²) in [5.41, 5.74) is 1.04. The van der Waals surface area contributed by atoms with Crippen molar-refractivity contribution in [2.45, 2.75) is 19.6 Å². The van der Waals surface area contributed by atoms with Crippen LogP contribution in [0.3, 0.4) is 0 Å². The smallest absolute Gasteiger partial charge is 0.191 e. The third kappa shape index (κ3) is 8.15. The second kappa shape index (κ2) is 12.8. The molecule has 7 heteroatoms. The first-order chi connectivity index (χ1) is 13.3. The van der Waals surface area contributed by atoms with Gasteiger partial charge in [-0.3, -0.25) is 4.99 Å². The summed E-state index contributed by atoms with van der Waals surface area (Å²) < 4.78 is 21.8. The SMILES string of the molecule is CN=C(NCCCOCc1ccco1)NCCOCc1ccccc1OC. The van der Waals surface area contributed by atoms with Crippen molar-refractivity contribution in [1.82, 2.24) is 10.6 Å². The van der Waals surface area contributed by atoms with E-state index in [2.05, 4.69) is 15.6 Å². The lowest BCUT2D eigenvalue weighted by Gasteiger charge is -2.13. The minimum absolute atomic E-state index is 0.503. The van der Waals surface area contributed by atoms with Gasteiger partial charge in [0.15, 0.2) is 5.96 Å². The minimum Gasteiger partial charge on any atom is -0.496 e. The Morgan fingerprint density at radius 3 is 2.59 bits per heavy atom. The van der Waals surface area contributed by atoms with E-state index in [4.69, 9.17) is 18.6 Å². The fourth-order valence-corrected chi connectivity index (χ4v) is 2.42. The molecule has 7 nitrogen and oxygen atoms in total. The normalized spacial score (nSPS) is 11.4. The summed E-state index contributed by atoms with van der Waals surface area (Å²) in [5, 5.41) is 6.47. The minimum atomic E-state index is 0.503. The van der Waals surface area contributed by atoms with Crippen LogP contribution in [0.5, 0.6) is 5.75 Å². The van der Waals surface area contributed by atoms with Crippen LogP contribution in [0, 0.1) is 0 Å². The van der Waals surface area contributed by atoms with E-state index in [1.165, 1.54) is 0 Å². The maximum Gasteiger partial charge on any atom is 0.191 e. The van der Waals surface area contributed by atoms with Crippen LogP contribution in [-0.4, -0.2) is 46.4 Å². The van der Waals surface area contributed by atoms with Gasteiger partial charge in [-0.15, -0.1) is 0 Å². The summed E-state index contributed by atoms with van der Waals surface area (Å²) in [6.07, 6.45) is 2.53. The molecule has 0 atom stereocenters. The zero-order valence-corrected chi connectivity index (χ0v) is 16.1. The van der Waals surface area contributed by atoms with Crippen molar-refractivity contribution < 1.29 is 18.6 Å². The number of hydrogen-bond donors (Lipinski definition) is 2. The number of furan rings is 1. The summed E-state index contributed by atoms with van der Waals surface area (Å²) in [6.45, 7) is 3.70. The average Bonchev–Trinajstić information content (AvgIpc) is 3.22. The number of para-hydroxylation sites is 1. The Balaban J connectivity index is 1.50. The molecule has 2 N–H and O–H groups in total. The molecule has 27 heavy (non-hydrogen) atoms. The second-order valence-electron chi connectivity index (χ2n) is 5.78. The van der Waals surface area contributed by atoms with Crippen LogP contribution in [0.25, 0.3) is 0 Å². The van der Waals surface area contributed by atoms with Crippen molar-refractivity contribution in [1.29, 1.82) is 0 Å². The number of aliphatic imine (C=N–C) groups is 1. The number of ether oxygens (including phenoxy) is 3. The van der Waals surface area contributed by atoms with Gasteiger partial charge in [0.2, 0.25) is 0 Å². The highest BCUT2D eigenvalue weighted by Crippen LogP contribution is 2.17. The molecule has 0 radical (unpaired) electrons. The zero-order chi connectivity index (χ0) is 19.2. The van der Waals surface area contributed by atoms with Gasteiger partial charge in [-0.05, 0) is 24.6 Å². The van der Waals surface area contributed by atoms with Gasteiger partial charge in [0, 0.05) is 32.3 Å². The van der Waals surface area contributed by atoms with E-state index in [0.717, 1.165) is 36.0 Å². The van der Waals surface area contributed by atoms with Gasteiger partial charge in [-0.1, -0.05) is 18.2 Å². The first-order valence-electron chi connectivity index (χ1n) is 9.07. The highest BCUT2D eigenvalue weighted by molar-refractivity contribution is 5.79. The summed E-state index contributed by atoms with van der Waals surface area (Å²) in [6, 6.07) is 11.6. The largest absolute Gasteiger partial charge is 0.496 e. The van der Waals surface area contributed by atoms with Gasteiger partial charge < -0.3 is 29.3 Å². The molecule has 0 aliphatic heterocycles. The molecule has 0 fully saturated rings. The number of hydrogen-bond acceptors (Lipinski definition) is 5. The predicted molar refractivity (Wildman–Crippen MR) is 105 cm³/mol. The van der Waals surface area contributed by atoms with Crippen molar-refractivity contribution in [3.8, 4) is 5.75 Å². The van der Waals surface area contributed by atoms with E-state index in [-0.39, 0.29) is 0 Å². The first-order valence-corrected chi connectivity index (χ1v) is 9.07. The Morgan fingerprint density at radius 2 is 1.81 bits per heavy atom.